The molecule has 0 aliphatic heterocycles. The van der Waals surface area contributed by atoms with Gasteiger partial charge in [0, 0.05) is 18.2 Å². The van der Waals surface area contributed by atoms with Crippen LogP contribution in [0.3, 0.4) is 0 Å². The van der Waals surface area contributed by atoms with E-state index in [1.165, 1.54) is 19.1 Å². The molecule has 164 valence electrons. The molecule has 4 rings (SSSR count). The highest BCUT2D eigenvalue weighted by Crippen LogP contribution is 2.30. The number of nitrogens with one attached hydrogen (secondary N) is 1. The number of rotatable bonds is 4. The lowest BCUT2D eigenvalue weighted by Gasteiger charge is -2.11. The SMILES string of the molecule is CC(=O)Nc1cccc(-c2nn(Cc3ccc(C(F)(F)F)cc3)c(=O)c3c(C)noc23)c1. The van der Waals surface area contributed by atoms with Crippen LogP contribution in [0.2, 0.25) is 0 Å². The molecule has 0 atom stereocenters. The highest BCUT2D eigenvalue weighted by atomic mass is 19.4. The van der Waals surface area contributed by atoms with Crippen molar-refractivity contribution in [3.63, 3.8) is 0 Å². The van der Waals surface area contributed by atoms with Crippen LogP contribution in [0.4, 0.5) is 18.9 Å². The Labute approximate surface area is 179 Å². The van der Waals surface area contributed by atoms with Gasteiger partial charge in [0.25, 0.3) is 5.56 Å². The van der Waals surface area contributed by atoms with Gasteiger partial charge in [-0.05, 0) is 36.8 Å². The third kappa shape index (κ3) is 4.11. The zero-order valence-electron chi connectivity index (χ0n) is 17.0. The molecule has 0 saturated carbocycles. The Kier molecular flexibility index (Phi) is 5.29. The lowest BCUT2D eigenvalue weighted by Crippen LogP contribution is -2.24. The zero-order valence-corrected chi connectivity index (χ0v) is 17.0. The highest BCUT2D eigenvalue weighted by molar-refractivity contribution is 5.93. The number of alkyl halides is 3. The number of aryl methyl sites for hydroxylation is 1. The Morgan fingerprint density at radius 1 is 1.16 bits per heavy atom. The second-order valence-corrected chi connectivity index (χ2v) is 7.24. The molecule has 0 radical (unpaired) electrons. The number of anilines is 1. The molecule has 1 N–H and O–H groups in total. The molecule has 7 nitrogen and oxygen atoms in total. The molecular weight excluding hydrogens is 425 g/mol. The molecule has 0 unspecified atom stereocenters. The van der Waals surface area contributed by atoms with Gasteiger partial charge in [0.2, 0.25) is 11.5 Å². The van der Waals surface area contributed by atoms with E-state index in [0.29, 0.717) is 28.2 Å². The summed E-state index contributed by atoms with van der Waals surface area (Å²) in [6.45, 7) is 2.95. The second kappa shape index (κ2) is 7.95. The first-order valence-electron chi connectivity index (χ1n) is 9.55. The molecule has 0 bridgehead atoms. The number of halogens is 3. The van der Waals surface area contributed by atoms with Crippen LogP contribution in [-0.4, -0.2) is 20.8 Å². The number of hydrogen-bond acceptors (Lipinski definition) is 5. The van der Waals surface area contributed by atoms with Crippen molar-refractivity contribution in [1.82, 2.24) is 14.9 Å². The van der Waals surface area contributed by atoms with Crippen molar-refractivity contribution in [3.05, 3.63) is 75.7 Å². The van der Waals surface area contributed by atoms with Crippen molar-refractivity contribution in [2.75, 3.05) is 5.32 Å². The molecule has 0 spiro atoms. The van der Waals surface area contributed by atoms with E-state index in [1.807, 2.05) is 0 Å². The lowest BCUT2D eigenvalue weighted by molar-refractivity contribution is -0.137. The third-order valence-corrected chi connectivity index (χ3v) is 4.82. The topological polar surface area (TPSA) is 90.0 Å². The maximum absolute atomic E-state index is 13.0. The minimum absolute atomic E-state index is 0.0457. The Hall–Kier alpha value is -3.95. The van der Waals surface area contributed by atoms with E-state index in [1.54, 1.807) is 31.2 Å². The fraction of sp³-hybridized carbons (Fsp3) is 0.182. The van der Waals surface area contributed by atoms with E-state index in [4.69, 9.17) is 4.52 Å². The van der Waals surface area contributed by atoms with Gasteiger partial charge >= 0.3 is 6.18 Å². The van der Waals surface area contributed by atoms with Crippen LogP contribution < -0.4 is 10.9 Å². The molecule has 0 aliphatic rings. The number of fused-ring (bicyclic) bond motifs is 1. The van der Waals surface area contributed by atoms with Crippen LogP contribution in [0.1, 0.15) is 23.7 Å². The minimum Gasteiger partial charge on any atom is -0.353 e. The van der Waals surface area contributed by atoms with Crippen LogP contribution in [-0.2, 0) is 17.5 Å². The van der Waals surface area contributed by atoms with Gasteiger partial charge in [0.15, 0.2) is 0 Å². The molecule has 1 amide bonds. The van der Waals surface area contributed by atoms with Gasteiger partial charge in [0.1, 0.15) is 11.1 Å². The Bertz CT molecular complexity index is 1370. The second-order valence-electron chi connectivity index (χ2n) is 7.24. The Morgan fingerprint density at radius 3 is 2.53 bits per heavy atom. The van der Waals surface area contributed by atoms with Gasteiger partial charge in [-0.3, -0.25) is 9.59 Å². The standard InChI is InChI=1S/C22H17F3N4O3/c1-12-18-20(32-28-12)19(15-4-3-5-17(10-15)26-13(2)30)27-29(21(18)31)11-14-6-8-16(9-7-14)22(23,24)25/h3-10H,11H2,1-2H3,(H,26,30). The summed E-state index contributed by atoms with van der Waals surface area (Å²) >= 11 is 0. The number of carbonyl (C=O) groups excluding carboxylic acids is 1. The van der Waals surface area contributed by atoms with Gasteiger partial charge < -0.3 is 9.84 Å². The monoisotopic (exact) mass is 442 g/mol. The molecule has 10 heteroatoms. The maximum Gasteiger partial charge on any atom is 0.416 e. The average Bonchev–Trinajstić information content (AvgIpc) is 3.11. The number of benzene rings is 2. The van der Waals surface area contributed by atoms with Crippen molar-refractivity contribution in [2.24, 2.45) is 0 Å². The number of carbonyl (C=O) groups is 1. The number of nitrogens with zero attached hydrogens (tertiary/aromatic N) is 3. The summed E-state index contributed by atoms with van der Waals surface area (Å²) in [6, 6.07) is 11.3. The van der Waals surface area contributed by atoms with E-state index in [2.05, 4.69) is 15.6 Å². The normalized spacial score (nSPS) is 11.7. The Morgan fingerprint density at radius 2 is 1.88 bits per heavy atom. The first-order chi connectivity index (χ1) is 15.1. The zero-order chi connectivity index (χ0) is 23.0. The molecule has 2 heterocycles. The van der Waals surface area contributed by atoms with Crippen LogP contribution in [0, 0.1) is 6.92 Å². The van der Waals surface area contributed by atoms with E-state index in [0.717, 1.165) is 16.8 Å². The van der Waals surface area contributed by atoms with Gasteiger partial charge in [-0.2, -0.15) is 18.3 Å². The van der Waals surface area contributed by atoms with Gasteiger partial charge in [-0.15, -0.1) is 0 Å². The summed E-state index contributed by atoms with van der Waals surface area (Å²) in [5.41, 5.74) is 1.20. The molecule has 0 aliphatic carbocycles. The molecule has 2 aromatic carbocycles. The van der Waals surface area contributed by atoms with Gasteiger partial charge in [0.05, 0.1) is 17.8 Å². The molecule has 2 aromatic heterocycles. The van der Waals surface area contributed by atoms with Crippen LogP contribution >= 0.6 is 0 Å². The molecule has 0 fully saturated rings. The Balaban J connectivity index is 1.81. The first-order valence-corrected chi connectivity index (χ1v) is 9.55. The summed E-state index contributed by atoms with van der Waals surface area (Å²) in [7, 11) is 0. The van der Waals surface area contributed by atoms with Crippen molar-refractivity contribution >= 4 is 22.6 Å². The fourth-order valence-electron chi connectivity index (χ4n) is 3.34. The molecular formula is C22H17F3N4O3. The molecule has 4 aromatic rings. The average molecular weight is 442 g/mol. The van der Waals surface area contributed by atoms with E-state index in [9.17, 15) is 22.8 Å². The first kappa shape index (κ1) is 21.3. The number of amides is 1. The maximum atomic E-state index is 13.0. The summed E-state index contributed by atoms with van der Waals surface area (Å²) in [6.07, 6.45) is -4.45. The van der Waals surface area contributed by atoms with Crippen molar-refractivity contribution in [2.45, 2.75) is 26.6 Å². The smallest absolute Gasteiger partial charge is 0.353 e. The molecule has 32 heavy (non-hydrogen) atoms. The quantitative estimate of drug-likeness (QED) is 0.507. The van der Waals surface area contributed by atoms with Crippen LogP contribution in [0.5, 0.6) is 0 Å². The third-order valence-electron chi connectivity index (χ3n) is 4.82. The van der Waals surface area contributed by atoms with E-state index in [-0.39, 0.29) is 23.4 Å². The predicted octanol–water partition coefficient (Wildman–Crippen LogP) is 4.39. The van der Waals surface area contributed by atoms with Crippen molar-refractivity contribution < 1.29 is 22.5 Å². The van der Waals surface area contributed by atoms with Gasteiger partial charge in [-0.25, -0.2) is 4.68 Å². The van der Waals surface area contributed by atoms with E-state index >= 15 is 0 Å². The highest BCUT2D eigenvalue weighted by Gasteiger charge is 2.30. The summed E-state index contributed by atoms with van der Waals surface area (Å²) in [5, 5.41) is 11.2. The summed E-state index contributed by atoms with van der Waals surface area (Å²) in [4.78, 5) is 24.4. The summed E-state index contributed by atoms with van der Waals surface area (Å²) < 4.78 is 45.0. The van der Waals surface area contributed by atoms with E-state index < -0.39 is 17.3 Å². The summed E-state index contributed by atoms with van der Waals surface area (Å²) in [5.74, 6) is -0.247. The fourth-order valence-corrected chi connectivity index (χ4v) is 3.34. The van der Waals surface area contributed by atoms with Crippen LogP contribution in [0.15, 0.2) is 57.8 Å². The lowest BCUT2D eigenvalue weighted by atomic mass is 10.1. The van der Waals surface area contributed by atoms with Gasteiger partial charge in [-0.1, -0.05) is 29.4 Å². The number of hydrogen-bond donors (Lipinski definition) is 1. The van der Waals surface area contributed by atoms with Crippen molar-refractivity contribution in [3.8, 4) is 11.3 Å². The molecule has 0 saturated heterocycles. The number of aromatic nitrogens is 3. The minimum atomic E-state index is -4.45. The largest absolute Gasteiger partial charge is 0.416 e. The van der Waals surface area contributed by atoms with Crippen molar-refractivity contribution in [1.29, 1.82) is 0 Å². The predicted molar refractivity (Wildman–Crippen MR) is 111 cm³/mol. The van der Waals surface area contributed by atoms with Crippen LogP contribution in [0.25, 0.3) is 22.2 Å².